The third-order valence-corrected chi connectivity index (χ3v) is 1.76. The summed E-state index contributed by atoms with van der Waals surface area (Å²) < 4.78 is 27.8. The predicted octanol–water partition coefficient (Wildman–Crippen LogP) is 1.03. The van der Waals surface area contributed by atoms with Crippen LogP contribution in [0.15, 0.2) is 12.3 Å². The minimum atomic E-state index is -2.36. The van der Waals surface area contributed by atoms with E-state index in [0.717, 1.165) is 5.56 Å². The zero-order valence-electron chi connectivity index (χ0n) is 7.61. The minimum Gasteiger partial charge on any atom is -0.480 e. The Kier molecular flexibility index (Phi) is 5.69. The van der Waals surface area contributed by atoms with E-state index >= 15 is 0 Å². The monoisotopic (exact) mass is 388 g/mol. The summed E-state index contributed by atoms with van der Waals surface area (Å²) in [5.74, 6) is 0.259. The second-order valence-electron chi connectivity index (χ2n) is 2.41. The fourth-order valence-electron chi connectivity index (χ4n) is 0.882. The number of pyridine rings is 1. The summed E-state index contributed by atoms with van der Waals surface area (Å²) in [6.07, 6.45) is 1.59. The number of hydrogen-bond acceptors (Lipinski definition) is 5. The van der Waals surface area contributed by atoms with Crippen molar-refractivity contribution in [2.75, 3.05) is 11.8 Å². The van der Waals surface area contributed by atoms with Crippen molar-refractivity contribution in [3.8, 4) is 5.88 Å². The van der Waals surface area contributed by atoms with E-state index in [-0.39, 0.29) is 26.3 Å². The molecule has 1 radical (unpaired) electrons. The molecule has 0 atom stereocenters. The largest absolute Gasteiger partial charge is 0.480 e. The first-order valence-corrected chi connectivity index (χ1v) is 4.57. The molecule has 0 saturated carbocycles. The number of anilines is 1. The normalized spacial score (nSPS) is 9.36. The van der Waals surface area contributed by atoms with Crippen LogP contribution in [0.25, 0.3) is 0 Å². The molecule has 79 valence electrons. The van der Waals surface area contributed by atoms with Crippen LogP contribution in [0, 0.1) is 6.92 Å². The summed E-state index contributed by atoms with van der Waals surface area (Å²) in [4.78, 5) is 3.89. The summed E-state index contributed by atoms with van der Waals surface area (Å²) in [5.41, 5.74) is 1.20. The number of aromatic nitrogens is 1. The summed E-state index contributed by atoms with van der Waals surface area (Å²) in [7, 11) is -0.930. The third kappa shape index (κ3) is 3.62. The maximum atomic E-state index is 10.4. The maximum absolute atomic E-state index is 10.4. The van der Waals surface area contributed by atoms with Gasteiger partial charge in [-0.1, -0.05) is 0 Å². The number of nitrogens with zero attached hydrogens (tertiary/aromatic N) is 1. The first-order chi connectivity index (χ1) is 6.13. The predicted molar refractivity (Wildman–Crippen MR) is 47.9 cm³/mol. The van der Waals surface area contributed by atoms with Gasteiger partial charge in [-0.15, -0.1) is 0 Å². The van der Waals surface area contributed by atoms with E-state index < -0.39 is 10.9 Å². The molecule has 1 aromatic rings. The number of methoxy groups -OCH3 is 1. The van der Waals surface area contributed by atoms with E-state index in [1.54, 1.807) is 12.3 Å². The van der Waals surface area contributed by atoms with Crippen LogP contribution in [0.3, 0.4) is 0 Å². The van der Waals surface area contributed by atoms with Crippen LogP contribution in [0.4, 0.5) is 5.69 Å². The first kappa shape index (κ1) is 13.4. The zero-order valence-corrected chi connectivity index (χ0v) is 11.1. The molecule has 0 aliphatic heterocycles. The van der Waals surface area contributed by atoms with E-state index in [1.165, 1.54) is 7.11 Å². The Balaban J connectivity index is 0.00000169. The van der Waals surface area contributed by atoms with Gasteiger partial charge in [0.15, 0.2) is 0 Å². The molecule has 0 amide bonds. The Morgan fingerprint density at radius 1 is 1.50 bits per heavy atom. The summed E-state index contributed by atoms with van der Waals surface area (Å²) in [5, 5.41) is 0. The molecule has 7 heteroatoms. The molecule has 0 aliphatic carbocycles. The molecule has 14 heavy (non-hydrogen) atoms. The molecule has 0 fully saturated rings. The number of ether oxygens (including phenoxy) is 1. The van der Waals surface area contributed by atoms with Crippen LogP contribution < -0.4 is 9.46 Å². The Hall–Kier alpha value is -0.638. The third-order valence-electron chi connectivity index (χ3n) is 1.37. The molecule has 1 N–H and O–H groups in total. The van der Waals surface area contributed by atoms with Crippen LogP contribution in [0.1, 0.15) is 5.56 Å². The molecular formula is C7H9N2O3ReS-. The number of nitrogens with one attached hydrogen (secondary N) is 1. The van der Waals surface area contributed by atoms with Gasteiger partial charge in [-0.25, -0.2) is 4.98 Å². The van der Waals surface area contributed by atoms with Gasteiger partial charge in [0.2, 0.25) is 5.88 Å². The molecule has 0 aromatic carbocycles. The van der Waals surface area contributed by atoms with Crippen molar-refractivity contribution in [2.24, 2.45) is 0 Å². The second kappa shape index (κ2) is 5.96. The Bertz CT molecular complexity index is 373. The molecule has 0 bridgehead atoms. The quantitative estimate of drug-likeness (QED) is 0.787. The van der Waals surface area contributed by atoms with Gasteiger partial charge in [0, 0.05) is 37.5 Å². The van der Waals surface area contributed by atoms with Gasteiger partial charge in [-0.05, 0) is 18.6 Å². The average molecular weight is 387 g/mol. The molecule has 0 unspecified atom stereocenters. The van der Waals surface area contributed by atoms with Gasteiger partial charge in [0.05, 0.1) is 12.8 Å². The molecular weight excluding hydrogens is 378 g/mol. The van der Waals surface area contributed by atoms with E-state index in [1.807, 2.05) is 6.92 Å². The van der Waals surface area contributed by atoms with Gasteiger partial charge in [0.25, 0.3) is 0 Å². The van der Waals surface area contributed by atoms with Crippen LogP contribution in [-0.4, -0.2) is 12.1 Å². The van der Waals surface area contributed by atoms with Crippen molar-refractivity contribution in [3.63, 3.8) is 0 Å². The number of hydrogen-bond donors (Lipinski definition) is 1. The van der Waals surface area contributed by atoms with E-state index in [9.17, 15) is 8.42 Å². The van der Waals surface area contributed by atoms with Crippen LogP contribution >= 0.6 is 0 Å². The van der Waals surface area contributed by atoms with Crippen LogP contribution in [0.5, 0.6) is 5.88 Å². The smallest absolute Gasteiger partial charge is 0.235 e. The molecule has 0 spiro atoms. The van der Waals surface area contributed by atoms with Crippen LogP contribution in [-0.2, 0) is 39.7 Å². The Morgan fingerprint density at radius 3 is 2.64 bits per heavy atom. The fraction of sp³-hybridized carbons (Fsp3) is 0.286. The van der Waals surface area contributed by atoms with Crippen molar-refractivity contribution in [1.29, 1.82) is 0 Å². The van der Waals surface area contributed by atoms with Crippen LogP contribution in [0.2, 0.25) is 0 Å². The average Bonchev–Trinajstić information content (AvgIpc) is 2.03. The van der Waals surface area contributed by atoms with Crippen molar-refractivity contribution in [1.82, 2.24) is 4.98 Å². The molecule has 0 aliphatic rings. The summed E-state index contributed by atoms with van der Waals surface area (Å²) in [6.45, 7) is 1.81. The minimum absolute atomic E-state index is 0. The van der Waals surface area contributed by atoms with Crippen molar-refractivity contribution in [2.45, 2.75) is 6.92 Å². The molecule has 5 nitrogen and oxygen atoms in total. The summed E-state index contributed by atoms with van der Waals surface area (Å²) >= 11 is 0. The maximum Gasteiger partial charge on any atom is 0.235 e. The molecule has 1 heterocycles. The van der Waals surface area contributed by atoms with Gasteiger partial charge in [-0.3, -0.25) is 0 Å². The van der Waals surface area contributed by atoms with E-state index in [4.69, 9.17) is 4.74 Å². The SMILES string of the molecule is COc1ncc(C)cc1N[S-](=O)=O.[Re]. The number of aryl methyl sites for hydroxylation is 1. The topological polar surface area (TPSA) is 68.3 Å². The number of rotatable bonds is 3. The zero-order chi connectivity index (χ0) is 9.84. The second-order valence-corrected chi connectivity index (χ2v) is 3.08. The van der Waals surface area contributed by atoms with Gasteiger partial charge in [0.1, 0.15) is 0 Å². The van der Waals surface area contributed by atoms with Crippen molar-refractivity contribution >= 4 is 16.6 Å². The Labute approximate surface area is 97.6 Å². The van der Waals surface area contributed by atoms with Gasteiger partial charge in [-0.2, -0.15) is 0 Å². The molecule has 1 rings (SSSR count). The molecule has 0 saturated heterocycles. The first-order valence-electron chi connectivity index (χ1n) is 3.50. The van der Waals surface area contributed by atoms with Crippen molar-refractivity contribution in [3.05, 3.63) is 17.8 Å². The Morgan fingerprint density at radius 2 is 2.14 bits per heavy atom. The van der Waals surface area contributed by atoms with E-state index in [2.05, 4.69) is 9.71 Å². The summed E-state index contributed by atoms with van der Waals surface area (Å²) in [6, 6.07) is 1.64. The molecule has 1 aromatic heterocycles. The van der Waals surface area contributed by atoms with Gasteiger partial charge >= 0.3 is 0 Å². The standard InChI is InChI=1S/C7H9N2O3S.Re/c1-5-3-6(9-13(10)11)7(12-2)8-4-5;/h3-4H,1-2H3,(H,9,10,11);/q-1;. The van der Waals surface area contributed by atoms with Crippen molar-refractivity contribution < 1.29 is 33.6 Å². The van der Waals surface area contributed by atoms with Gasteiger partial charge < -0.3 is 17.9 Å². The van der Waals surface area contributed by atoms with E-state index in [0.29, 0.717) is 5.69 Å². The fourth-order valence-corrected chi connectivity index (χ4v) is 1.21.